The third-order valence-electron chi connectivity index (χ3n) is 10.8. The molecule has 0 aliphatic rings. The van der Waals surface area contributed by atoms with Crippen molar-refractivity contribution in [3.8, 4) is 33.4 Å². The van der Waals surface area contributed by atoms with E-state index in [2.05, 4.69) is 182 Å². The van der Waals surface area contributed by atoms with E-state index in [0.29, 0.717) is 0 Å². The van der Waals surface area contributed by atoms with Crippen molar-refractivity contribution in [1.29, 1.82) is 0 Å². The Morgan fingerprint density at radius 3 is 1.29 bits per heavy atom. The van der Waals surface area contributed by atoms with Crippen LogP contribution in [0.15, 0.2) is 182 Å². The molecule has 0 saturated carbocycles. The zero-order chi connectivity index (χ0) is 33.5. The largest absolute Gasteiger partial charge is 0.135 e. The molecule has 0 fully saturated rings. The smallest absolute Gasteiger partial charge is 0.0361 e. The molecule has 1 aromatic heterocycles. The molecule has 0 aliphatic heterocycles. The second-order valence-corrected chi connectivity index (χ2v) is 14.8. The molecule has 1 heteroatoms. The van der Waals surface area contributed by atoms with Crippen LogP contribution in [0.5, 0.6) is 0 Å². The molecule has 0 amide bonds. The van der Waals surface area contributed by atoms with Gasteiger partial charge in [0, 0.05) is 20.2 Å². The zero-order valence-electron chi connectivity index (χ0n) is 27.7. The third kappa shape index (κ3) is 4.52. The lowest BCUT2D eigenvalue weighted by molar-refractivity contribution is 1.66. The van der Waals surface area contributed by atoms with E-state index in [-0.39, 0.29) is 0 Å². The molecule has 0 saturated heterocycles. The van der Waals surface area contributed by atoms with Crippen LogP contribution < -0.4 is 0 Å². The van der Waals surface area contributed by atoms with Crippen molar-refractivity contribution in [2.45, 2.75) is 0 Å². The van der Waals surface area contributed by atoms with Gasteiger partial charge in [-0.05, 0) is 124 Å². The Hall–Kier alpha value is -6.28. The molecule has 51 heavy (non-hydrogen) atoms. The first-order valence-corrected chi connectivity index (χ1v) is 18.4. The molecule has 0 spiro atoms. The van der Waals surface area contributed by atoms with Crippen LogP contribution in [0.4, 0.5) is 0 Å². The van der Waals surface area contributed by atoms with E-state index in [9.17, 15) is 0 Å². The van der Waals surface area contributed by atoms with Gasteiger partial charge in [0.15, 0.2) is 0 Å². The fourth-order valence-electron chi connectivity index (χ4n) is 8.31. The number of fused-ring (bicyclic) bond motifs is 8. The lowest BCUT2D eigenvalue weighted by Gasteiger charge is -2.19. The van der Waals surface area contributed by atoms with Gasteiger partial charge in [-0.1, -0.05) is 146 Å². The molecule has 236 valence electrons. The second kappa shape index (κ2) is 11.1. The van der Waals surface area contributed by atoms with Crippen LogP contribution in [0, 0.1) is 0 Å². The van der Waals surface area contributed by atoms with Crippen molar-refractivity contribution in [3.63, 3.8) is 0 Å². The molecule has 0 N–H and O–H groups in total. The topological polar surface area (TPSA) is 0 Å². The van der Waals surface area contributed by atoms with Crippen molar-refractivity contribution in [1.82, 2.24) is 0 Å². The van der Waals surface area contributed by atoms with Crippen LogP contribution >= 0.6 is 11.3 Å². The maximum atomic E-state index is 2.44. The first-order chi connectivity index (χ1) is 25.2. The van der Waals surface area contributed by atoms with E-state index >= 15 is 0 Å². The molecule has 0 unspecified atom stereocenters. The predicted molar refractivity (Wildman–Crippen MR) is 223 cm³/mol. The average Bonchev–Trinajstić information content (AvgIpc) is 3.55. The highest BCUT2D eigenvalue weighted by molar-refractivity contribution is 7.25. The summed E-state index contributed by atoms with van der Waals surface area (Å²) in [5, 5.41) is 15.4. The standard InChI is InChI=1S/C50H30S/c1-3-11-33-25-39(19-17-31(33)9-1)49-42-15-7-8-16-43(42)50(40-20-18-32-10-2-4-12-34(32)26-40)46-28-37(22-24-44(46)49)38-21-23-41-45-27-35-13-5-6-14-36(35)29-48(45)51-47(41)30-38/h1-30H. The normalized spacial score (nSPS) is 11.9. The summed E-state index contributed by atoms with van der Waals surface area (Å²) in [6, 6.07) is 67.7. The van der Waals surface area contributed by atoms with E-state index in [1.165, 1.54) is 107 Å². The van der Waals surface area contributed by atoms with Gasteiger partial charge in [0.2, 0.25) is 0 Å². The van der Waals surface area contributed by atoms with Crippen molar-refractivity contribution >= 4 is 85.4 Å². The Balaban J connectivity index is 1.19. The molecule has 10 aromatic carbocycles. The molecule has 1 heterocycles. The van der Waals surface area contributed by atoms with E-state index in [4.69, 9.17) is 0 Å². The van der Waals surface area contributed by atoms with Crippen molar-refractivity contribution in [2.75, 3.05) is 0 Å². The van der Waals surface area contributed by atoms with Gasteiger partial charge in [-0.2, -0.15) is 0 Å². The molecule has 0 atom stereocenters. The quantitative estimate of drug-likeness (QED) is 0.165. The first-order valence-electron chi connectivity index (χ1n) is 17.6. The monoisotopic (exact) mass is 662 g/mol. The van der Waals surface area contributed by atoms with E-state index in [1.807, 2.05) is 11.3 Å². The molecule has 0 radical (unpaired) electrons. The molecule has 0 nitrogen and oxygen atoms in total. The average molecular weight is 663 g/mol. The van der Waals surface area contributed by atoms with Gasteiger partial charge in [-0.3, -0.25) is 0 Å². The zero-order valence-corrected chi connectivity index (χ0v) is 28.5. The highest BCUT2D eigenvalue weighted by atomic mass is 32.1. The summed E-state index contributed by atoms with van der Waals surface area (Å²) in [5.41, 5.74) is 7.52. The molecular weight excluding hydrogens is 633 g/mol. The van der Waals surface area contributed by atoms with Crippen LogP contribution in [0.2, 0.25) is 0 Å². The Morgan fingerprint density at radius 1 is 0.235 bits per heavy atom. The number of rotatable bonds is 3. The SMILES string of the molecule is c1ccc2cc(-c3c4ccccc4c(-c4ccc5ccccc5c4)c4cc(-c5ccc6c(c5)sc5cc7ccccc7cc56)ccc34)ccc2c1. The van der Waals surface area contributed by atoms with Gasteiger partial charge in [0.05, 0.1) is 0 Å². The summed E-state index contributed by atoms with van der Waals surface area (Å²) in [4.78, 5) is 0. The molecular formula is C50H30S. The molecule has 11 rings (SSSR count). The van der Waals surface area contributed by atoms with Crippen molar-refractivity contribution in [3.05, 3.63) is 182 Å². The first kappa shape index (κ1) is 28.5. The van der Waals surface area contributed by atoms with Gasteiger partial charge in [0.1, 0.15) is 0 Å². The van der Waals surface area contributed by atoms with Gasteiger partial charge in [-0.25, -0.2) is 0 Å². The number of benzene rings is 10. The number of hydrogen-bond acceptors (Lipinski definition) is 1. The summed E-state index contributed by atoms with van der Waals surface area (Å²) in [6.07, 6.45) is 0. The van der Waals surface area contributed by atoms with Crippen molar-refractivity contribution in [2.24, 2.45) is 0 Å². The van der Waals surface area contributed by atoms with E-state index in [0.717, 1.165) is 0 Å². The Kier molecular flexibility index (Phi) is 6.22. The van der Waals surface area contributed by atoms with Crippen LogP contribution in [-0.4, -0.2) is 0 Å². The second-order valence-electron chi connectivity index (χ2n) is 13.7. The van der Waals surface area contributed by atoms with Gasteiger partial charge in [0.25, 0.3) is 0 Å². The predicted octanol–water partition coefficient (Wildman–Crippen LogP) is 14.8. The Bertz CT molecular complexity index is 3200. The highest BCUT2D eigenvalue weighted by Crippen LogP contribution is 2.46. The summed E-state index contributed by atoms with van der Waals surface area (Å²) in [6.45, 7) is 0. The fraction of sp³-hybridized carbons (Fsp3) is 0. The summed E-state index contributed by atoms with van der Waals surface area (Å²) >= 11 is 1.89. The number of thiophene rings is 1. The van der Waals surface area contributed by atoms with Gasteiger partial charge in [-0.15, -0.1) is 11.3 Å². The fourth-order valence-corrected chi connectivity index (χ4v) is 9.49. The summed E-state index contributed by atoms with van der Waals surface area (Å²) in [7, 11) is 0. The molecule has 0 aliphatic carbocycles. The minimum atomic E-state index is 1.23. The maximum Gasteiger partial charge on any atom is 0.0361 e. The van der Waals surface area contributed by atoms with Crippen LogP contribution in [0.3, 0.4) is 0 Å². The van der Waals surface area contributed by atoms with Gasteiger partial charge < -0.3 is 0 Å². The summed E-state index contributed by atoms with van der Waals surface area (Å²) < 4.78 is 2.66. The maximum absolute atomic E-state index is 2.44. The van der Waals surface area contributed by atoms with Crippen LogP contribution in [0.1, 0.15) is 0 Å². The van der Waals surface area contributed by atoms with E-state index in [1.54, 1.807) is 0 Å². The number of hydrogen-bond donors (Lipinski definition) is 0. The minimum Gasteiger partial charge on any atom is -0.135 e. The Morgan fingerprint density at radius 2 is 0.667 bits per heavy atom. The van der Waals surface area contributed by atoms with Crippen molar-refractivity contribution < 1.29 is 0 Å². The lowest BCUT2D eigenvalue weighted by atomic mass is 9.84. The van der Waals surface area contributed by atoms with Gasteiger partial charge >= 0.3 is 0 Å². The minimum absolute atomic E-state index is 1.23. The van der Waals surface area contributed by atoms with Crippen LogP contribution in [0.25, 0.3) is 107 Å². The molecule has 0 bridgehead atoms. The third-order valence-corrected chi connectivity index (χ3v) is 11.9. The highest BCUT2D eigenvalue weighted by Gasteiger charge is 2.18. The Labute approximate surface area is 299 Å². The van der Waals surface area contributed by atoms with Crippen LogP contribution in [-0.2, 0) is 0 Å². The van der Waals surface area contributed by atoms with E-state index < -0.39 is 0 Å². The summed E-state index contributed by atoms with van der Waals surface area (Å²) in [5.74, 6) is 0. The lowest BCUT2D eigenvalue weighted by Crippen LogP contribution is -1.92. The molecule has 11 aromatic rings.